The van der Waals surface area contributed by atoms with Gasteiger partial charge >= 0.3 is 0 Å². The Hall–Kier alpha value is -3.97. The Morgan fingerprint density at radius 3 is 2.14 bits per heavy atom. The zero-order chi connectivity index (χ0) is 30.5. The maximum Gasteiger partial charge on any atom is 0.224 e. The van der Waals surface area contributed by atoms with Crippen LogP contribution < -0.4 is 15.2 Å². The molecule has 2 aliphatic rings. The lowest BCUT2D eigenvalue weighted by Gasteiger charge is -2.40. The van der Waals surface area contributed by atoms with Gasteiger partial charge in [0.2, 0.25) is 5.91 Å². The van der Waals surface area contributed by atoms with Crippen molar-refractivity contribution in [2.24, 2.45) is 11.1 Å². The van der Waals surface area contributed by atoms with Crippen LogP contribution in [0.2, 0.25) is 0 Å². The standard InChI is InChI=1S/C33H40N2O3.2CH2O/c1-24(26-8-9-28-22-31(37-2)15-10-27(28)21-26)5-3-4-20-38-30-13-6-25(7-14-30)23-33(32(34)36)16-18-35(19-17-33)29-11-12-29;2*1-2/h6-10,13-15,21-22,29H,1,3-5,11-12,16-20,23H2,2H3,(H2,34,36);2*1H2. The van der Waals surface area contributed by atoms with E-state index < -0.39 is 5.41 Å². The van der Waals surface area contributed by atoms with Crippen LogP contribution in [0, 0.1) is 5.41 Å². The Bertz CT molecular complexity index is 1310. The van der Waals surface area contributed by atoms with E-state index in [0.29, 0.717) is 13.0 Å². The minimum absolute atomic E-state index is 0.154. The molecular formula is C35H44N2O5. The first-order chi connectivity index (χ1) is 20.5. The van der Waals surface area contributed by atoms with Crippen molar-refractivity contribution in [3.05, 3.63) is 78.4 Å². The number of nitrogens with two attached hydrogens (primary N) is 1. The highest BCUT2D eigenvalue weighted by Gasteiger charge is 2.42. The van der Waals surface area contributed by atoms with Crippen LogP contribution in [0.15, 0.2) is 67.2 Å². The average Bonchev–Trinajstić information content (AvgIpc) is 3.89. The fourth-order valence-corrected chi connectivity index (χ4v) is 5.71. The molecule has 1 amide bonds. The number of piperidine rings is 1. The number of allylic oxidation sites excluding steroid dienone is 1. The number of hydrogen-bond acceptors (Lipinski definition) is 6. The van der Waals surface area contributed by atoms with E-state index in [0.717, 1.165) is 73.9 Å². The molecule has 1 saturated heterocycles. The van der Waals surface area contributed by atoms with Gasteiger partial charge in [-0.15, -0.1) is 0 Å². The monoisotopic (exact) mass is 572 g/mol. The molecule has 1 aliphatic carbocycles. The maximum atomic E-state index is 12.4. The lowest BCUT2D eigenvalue weighted by atomic mass is 9.73. The predicted molar refractivity (Wildman–Crippen MR) is 169 cm³/mol. The van der Waals surface area contributed by atoms with Crippen molar-refractivity contribution >= 4 is 35.8 Å². The van der Waals surface area contributed by atoms with Gasteiger partial charge < -0.3 is 29.7 Å². The zero-order valence-corrected chi connectivity index (χ0v) is 24.8. The highest BCUT2D eigenvalue weighted by molar-refractivity contribution is 5.87. The number of fused-ring (bicyclic) bond motifs is 1. The molecule has 2 N–H and O–H groups in total. The summed E-state index contributed by atoms with van der Waals surface area (Å²) in [5.41, 5.74) is 8.98. The molecule has 7 heteroatoms. The Balaban J connectivity index is 0.00000116. The van der Waals surface area contributed by atoms with Crippen LogP contribution in [0.1, 0.15) is 56.1 Å². The van der Waals surface area contributed by atoms with Gasteiger partial charge in [0, 0.05) is 6.04 Å². The van der Waals surface area contributed by atoms with Crippen molar-refractivity contribution in [2.45, 2.75) is 57.4 Å². The molecule has 0 atom stereocenters. The fourth-order valence-electron chi connectivity index (χ4n) is 5.71. The van der Waals surface area contributed by atoms with Gasteiger partial charge in [-0.05, 0) is 122 Å². The minimum atomic E-state index is -0.423. The van der Waals surface area contributed by atoms with E-state index in [9.17, 15) is 4.79 Å². The van der Waals surface area contributed by atoms with Crippen molar-refractivity contribution < 1.29 is 23.9 Å². The summed E-state index contributed by atoms with van der Waals surface area (Å²) in [6.45, 7) is 11.0. The first-order valence-electron chi connectivity index (χ1n) is 14.6. The highest BCUT2D eigenvalue weighted by Crippen LogP contribution is 2.39. The van der Waals surface area contributed by atoms with E-state index in [1.807, 2.05) is 31.8 Å². The van der Waals surface area contributed by atoms with Crippen LogP contribution in [0.5, 0.6) is 11.5 Å². The Kier molecular flexibility index (Phi) is 12.3. The number of amides is 1. The Labute approximate surface area is 249 Å². The van der Waals surface area contributed by atoms with E-state index >= 15 is 0 Å². The van der Waals surface area contributed by atoms with Crippen molar-refractivity contribution in [1.82, 2.24) is 4.90 Å². The second-order valence-corrected chi connectivity index (χ2v) is 11.1. The van der Waals surface area contributed by atoms with Crippen molar-refractivity contribution in [2.75, 3.05) is 26.8 Å². The molecule has 0 unspecified atom stereocenters. The van der Waals surface area contributed by atoms with Gasteiger partial charge in [-0.1, -0.05) is 36.9 Å². The molecule has 0 bridgehead atoms. The summed E-state index contributed by atoms with van der Waals surface area (Å²) in [4.78, 5) is 31.0. The quantitative estimate of drug-likeness (QED) is 0.267. The lowest BCUT2D eigenvalue weighted by molar-refractivity contribution is -0.130. The number of carbonyl (C=O) groups is 3. The normalized spacial score (nSPS) is 15.8. The molecule has 5 rings (SSSR count). The number of hydrogen-bond donors (Lipinski definition) is 1. The van der Waals surface area contributed by atoms with Crippen molar-refractivity contribution in [3.63, 3.8) is 0 Å². The summed E-state index contributed by atoms with van der Waals surface area (Å²) >= 11 is 0. The lowest BCUT2D eigenvalue weighted by Crippen LogP contribution is -2.48. The van der Waals surface area contributed by atoms with Gasteiger partial charge in [-0.2, -0.15) is 0 Å². The van der Waals surface area contributed by atoms with Crippen LogP contribution in [0.3, 0.4) is 0 Å². The van der Waals surface area contributed by atoms with E-state index in [1.54, 1.807) is 7.11 Å². The predicted octanol–water partition coefficient (Wildman–Crippen LogP) is 6.01. The highest BCUT2D eigenvalue weighted by atomic mass is 16.5. The van der Waals surface area contributed by atoms with Gasteiger partial charge in [0.15, 0.2) is 0 Å². The van der Waals surface area contributed by atoms with Gasteiger partial charge in [-0.25, -0.2) is 0 Å². The molecule has 1 aliphatic heterocycles. The van der Waals surface area contributed by atoms with Crippen molar-refractivity contribution in [1.29, 1.82) is 0 Å². The van der Waals surface area contributed by atoms with Gasteiger partial charge in [0.1, 0.15) is 25.1 Å². The average molecular weight is 573 g/mol. The Morgan fingerprint density at radius 1 is 0.905 bits per heavy atom. The molecule has 3 aromatic rings. The van der Waals surface area contributed by atoms with E-state index in [-0.39, 0.29) is 5.91 Å². The molecule has 7 nitrogen and oxygen atoms in total. The maximum absolute atomic E-state index is 12.4. The number of rotatable bonds is 12. The molecule has 224 valence electrons. The smallest absolute Gasteiger partial charge is 0.224 e. The molecule has 1 heterocycles. The fraction of sp³-hybridized carbons (Fsp3) is 0.400. The summed E-state index contributed by atoms with van der Waals surface area (Å²) in [5, 5.41) is 2.37. The number of benzene rings is 3. The molecule has 3 aromatic carbocycles. The first-order valence-corrected chi connectivity index (χ1v) is 14.6. The van der Waals surface area contributed by atoms with Crippen LogP contribution in [-0.2, 0) is 20.8 Å². The van der Waals surface area contributed by atoms with Crippen LogP contribution in [0.25, 0.3) is 16.3 Å². The summed E-state index contributed by atoms with van der Waals surface area (Å²) in [5.74, 6) is 1.59. The molecule has 2 fully saturated rings. The number of methoxy groups -OCH3 is 1. The summed E-state index contributed by atoms with van der Waals surface area (Å²) < 4.78 is 11.3. The Morgan fingerprint density at radius 2 is 1.52 bits per heavy atom. The number of carbonyl (C=O) groups excluding carboxylic acids is 3. The molecule has 42 heavy (non-hydrogen) atoms. The third kappa shape index (κ3) is 8.52. The van der Waals surface area contributed by atoms with Gasteiger partial charge in [0.05, 0.1) is 19.1 Å². The van der Waals surface area contributed by atoms with Crippen molar-refractivity contribution in [3.8, 4) is 11.5 Å². The number of likely N-dealkylation sites (tertiary alicyclic amines) is 1. The van der Waals surface area contributed by atoms with Crippen LogP contribution in [-0.4, -0.2) is 57.2 Å². The largest absolute Gasteiger partial charge is 0.497 e. The van der Waals surface area contributed by atoms with Gasteiger partial charge in [-0.3, -0.25) is 4.79 Å². The van der Waals surface area contributed by atoms with E-state index in [2.05, 4.69) is 53.9 Å². The summed E-state index contributed by atoms with van der Waals surface area (Å²) in [6.07, 6.45) is 7.97. The number of unbranched alkanes of at least 4 members (excludes halogenated alkanes) is 1. The summed E-state index contributed by atoms with van der Waals surface area (Å²) in [6, 6.07) is 21.6. The van der Waals surface area contributed by atoms with Crippen LogP contribution >= 0.6 is 0 Å². The molecule has 1 saturated carbocycles. The van der Waals surface area contributed by atoms with E-state index in [1.165, 1.54) is 29.2 Å². The first kappa shape index (κ1) is 32.5. The number of ether oxygens (including phenoxy) is 2. The number of primary amides is 1. The topological polar surface area (TPSA) is 98.9 Å². The molecular weight excluding hydrogens is 528 g/mol. The minimum Gasteiger partial charge on any atom is -0.497 e. The second kappa shape index (κ2) is 15.9. The van der Waals surface area contributed by atoms with Gasteiger partial charge in [0.25, 0.3) is 0 Å². The molecule has 0 aromatic heterocycles. The summed E-state index contributed by atoms with van der Waals surface area (Å²) in [7, 11) is 1.69. The second-order valence-electron chi connectivity index (χ2n) is 11.1. The number of nitrogens with zero attached hydrogens (tertiary/aromatic N) is 1. The third-order valence-electron chi connectivity index (χ3n) is 8.40. The van der Waals surface area contributed by atoms with E-state index in [4.69, 9.17) is 24.8 Å². The van der Waals surface area contributed by atoms with Crippen LogP contribution in [0.4, 0.5) is 0 Å². The zero-order valence-electron chi connectivity index (χ0n) is 24.8. The molecule has 0 spiro atoms. The SMILES string of the molecule is C=C(CCCCOc1ccc(CC2(C(N)=O)CCN(C3CC3)CC2)cc1)c1ccc2cc(OC)ccc2c1.C=O.C=O. The third-order valence-corrected chi connectivity index (χ3v) is 8.40. The molecule has 0 radical (unpaired) electrons.